The van der Waals surface area contributed by atoms with Crippen molar-refractivity contribution in [3.63, 3.8) is 0 Å². The number of aromatic amines is 1. The lowest BCUT2D eigenvalue weighted by atomic mass is 10.1. The second-order valence-corrected chi connectivity index (χ2v) is 6.69. The van der Waals surface area contributed by atoms with Crippen molar-refractivity contribution in [2.24, 2.45) is 0 Å². The van der Waals surface area contributed by atoms with Gasteiger partial charge in [-0.3, -0.25) is 9.89 Å². The van der Waals surface area contributed by atoms with Crippen molar-refractivity contribution >= 4 is 5.91 Å². The normalized spacial score (nSPS) is 13.0. The molecule has 0 saturated carbocycles. The molecule has 5 rings (SSSR count). The molecule has 2 aromatic heterocycles. The summed E-state index contributed by atoms with van der Waals surface area (Å²) >= 11 is 0. The number of hydrogen-bond donors (Lipinski definition) is 1. The maximum absolute atomic E-state index is 14.4. The Morgan fingerprint density at radius 3 is 2.71 bits per heavy atom. The average molecular weight is 373 g/mol. The number of rotatable bonds is 3. The van der Waals surface area contributed by atoms with Gasteiger partial charge in [0.2, 0.25) is 0 Å². The third-order valence-corrected chi connectivity index (χ3v) is 4.95. The van der Waals surface area contributed by atoms with Crippen LogP contribution in [0.1, 0.15) is 21.6 Å². The van der Waals surface area contributed by atoms with Crippen molar-refractivity contribution in [1.82, 2.24) is 24.9 Å². The molecular formula is C21H16FN5O. The number of carbonyl (C=O) groups excluding carboxylic acids is 1. The fraction of sp³-hybridized carbons (Fsp3) is 0.0952. The van der Waals surface area contributed by atoms with Gasteiger partial charge in [0.15, 0.2) is 0 Å². The van der Waals surface area contributed by atoms with Gasteiger partial charge < -0.3 is 4.90 Å². The number of nitrogens with one attached hydrogen (secondary N) is 1. The molecule has 1 aliphatic rings. The zero-order valence-electron chi connectivity index (χ0n) is 14.8. The lowest BCUT2D eigenvalue weighted by Gasteiger charge is -2.17. The molecular weight excluding hydrogens is 357 g/mol. The number of benzene rings is 2. The molecule has 0 bridgehead atoms. The number of halogens is 1. The summed E-state index contributed by atoms with van der Waals surface area (Å²) in [6, 6.07) is 16.0. The molecule has 0 radical (unpaired) electrons. The van der Waals surface area contributed by atoms with Crippen LogP contribution >= 0.6 is 0 Å². The van der Waals surface area contributed by atoms with Crippen LogP contribution in [0.5, 0.6) is 0 Å². The van der Waals surface area contributed by atoms with E-state index in [2.05, 4.69) is 15.3 Å². The molecule has 0 aliphatic carbocycles. The third kappa shape index (κ3) is 2.68. The van der Waals surface area contributed by atoms with Gasteiger partial charge >= 0.3 is 0 Å². The number of amides is 1. The Balaban J connectivity index is 1.44. The summed E-state index contributed by atoms with van der Waals surface area (Å²) in [6.07, 6.45) is 3.39. The number of nitrogens with zero attached hydrogens (tertiary/aromatic N) is 4. The summed E-state index contributed by atoms with van der Waals surface area (Å²) in [5.41, 5.74) is 4.36. The van der Waals surface area contributed by atoms with Crippen molar-refractivity contribution in [2.45, 2.75) is 13.1 Å². The van der Waals surface area contributed by atoms with Gasteiger partial charge in [-0.25, -0.2) is 9.07 Å². The number of fused-ring (bicyclic) bond motifs is 1. The summed E-state index contributed by atoms with van der Waals surface area (Å²) in [5.74, 6) is -0.872. The molecule has 4 aromatic rings. The van der Waals surface area contributed by atoms with Crippen LogP contribution in [0.2, 0.25) is 0 Å². The predicted octanol–water partition coefficient (Wildman–Crippen LogP) is 3.56. The van der Waals surface area contributed by atoms with Crippen LogP contribution in [-0.2, 0) is 13.1 Å². The SMILES string of the molecule is O=C(c1cc(-c2ccn[nH]2)ccc1F)N1Cc2cnn(-c3ccccc3)c2C1. The minimum Gasteiger partial charge on any atom is -0.328 e. The molecule has 0 unspecified atom stereocenters. The molecule has 7 heteroatoms. The van der Waals surface area contributed by atoms with E-state index in [0.717, 1.165) is 28.2 Å². The van der Waals surface area contributed by atoms with E-state index in [-0.39, 0.29) is 11.5 Å². The van der Waals surface area contributed by atoms with E-state index in [1.54, 1.807) is 35.5 Å². The molecule has 1 amide bonds. The Hall–Kier alpha value is -3.74. The van der Waals surface area contributed by atoms with Gasteiger partial charge in [0.1, 0.15) is 5.82 Å². The van der Waals surface area contributed by atoms with Crippen LogP contribution in [0.15, 0.2) is 67.0 Å². The van der Waals surface area contributed by atoms with E-state index >= 15 is 0 Å². The molecule has 138 valence electrons. The zero-order valence-corrected chi connectivity index (χ0v) is 14.8. The largest absolute Gasteiger partial charge is 0.328 e. The Bertz CT molecular complexity index is 1150. The first-order chi connectivity index (χ1) is 13.7. The standard InChI is InChI=1S/C21H16FN5O/c22-18-7-6-14(19-8-9-23-25-19)10-17(18)21(28)26-12-15-11-24-27(20(15)13-26)16-4-2-1-3-5-16/h1-11H,12-13H2,(H,23,25). The molecule has 0 fully saturated rings. The third-order valence-electron chi connectivity index (χ3n) is 4.95. The number of H-pyrrole nitrogens is 1. The van der Waals surface area contributed by atoms with E-state index in [1.165, 1.54) is 6.07 Å². The van der Waals surface area contributed by atoms with Crippen LogP contribution in [0.4, 0.5) is 4.39 Å². The van der Waals surface area contributed by atoms with Gasteiger partial charge in [-0.2, -0.15) is 10.2 Å². The summed E-state index contributed by atoms with van der Waals surface area (Å²) < 4.78 is 16.3. The zero-order chi connectivity index (χ0) is 19.1. The summed E-state index contributed by atoms with van der Waals surface area (Å²) in [6.45, 7) is 0.797. The van der Waals surface area contributed by atoms with E-state index in [0.29, 0.717) is 13.1 Å². The molecule has 6 nitrogen and oxygen atoms in total. The number of hydrogen-bond acceptors (Lipinski definition) is 3. The molecule has 2 aromatic carbocycles. The number of aromatic nitrogens is 4. The number of carbonyl (C=O) groups is 1. The molecule has 28 heavy (non-hydrogen) atoms. The Morgan fingerprint density at radius 2 is 1.93 bits per heavy atom. The molecule has 1 aliphatic heterocycles. The summed E-state index contributed by atoms with van der Waals surface area (Å²) in [7, 11) is 0. The van der Waals surface area contributed by atoms with E-state index in [4.69, 9.17) is 0 Å². The highest BCUT2D eigenvalue weighted by atomic mass is 19.1. The van der Waals surface area contributed by atoms with Crippen LogP contribution in [-0.4, -0.2) is 30.8 Å². The summed E-state index contributed by atoms with van der Waals surface area (Å²) in [4.78, 5) is 14.7. The van der Waals surface area contributed by atoms with Gasteiger partial charge in [0, 0.05) is 23.9 Å². The van der Waals surface area contributed by atoms with Crippen LogP contribution in [0.3, 0.4) is 0 Å². The van der Waals surface area contributed by atoms with Crippen LogP contribution in [0, 0.1) is 5.82 Å². The van der Waals surface area contributed by atoms with Gasteiger partial charge in [-0.15, -0.1) is 0 Å². The second kappa shape index (κ2) is 6.45. The first-order valence-electron chi connectivity index (χ1n) is 8.90. The Morgan fingerprint density at radius 1 is 1.07 bits per heavy atom. The van der Waals surface area contributed by atoms with E-state index < -0.39 is 5.82 Å². The highest BCUT2D eigenvalue weighted by molar-refractivity contribution is 5.96. The van der Waals surface area contributed by atoms with Crippen LogP contribution < -0.4 is 0 Å². The topological polar surface area (TPSA) is 66.8 Å². The first kappa shape index (κ1) is 16.4. The minimum atomic E-state index is -0.533. The fourth-order valence-corrected chi connectivity index (χ4v) is 3.53. The molecule has 0 spiro atoms. The maximum Gasteiger partial charge on any atom is 0.257 e. The van der Waals surface area contributed by atoms with Gasteiger partial charge in [0.25, 0.3) is 5.91 Å². The van der Waals surface area contributed by atoms with Crippen molar-refractivity contribution in [2.75, 3.05) is 0 Å². The first-order valence-corrected chi connectivity index (χ1v) is 8.90. The van der Waals surface area contributed by atoms with Gasteiger partial charge in [-0.05, 0) is 36.4 Å². The van der Waals surface area contributed by atoms with Crippen molar-refractivity contribution in [1.29, 1.82) is 0 Å². The van der Waals surface area contributed by atoms with Crippen LogP contribution in [0.25, 0.3) is 16.9 Å². The average Bonchev–Trinajstić information content (AvgIpc) is 3.45. The highest BCUT2D eigenvalue weighted by Crippen LogP contribution is 2.28. The van der Waals surface area contributed by atoms with E-state index in [9.17, 15) is 9.18 Å². The highest BCUT2D eigenvalue weighted by Gasteiger charge is 2.29. The Labute approximate surface area is 160 Å². The van der Waals surface area contributed by atoms with Gasteiger partial charge in [0.05, 0.1) is 35.4 Å². The number of para-hydroxylation sites is 1. The fourth-order valence-electron chi connectivity index (χ4n) is 3.53. The van der Waals surface area contributed by atoms with Crippen molar-refractivity contribution < 1.29 is 9.18 Å². The minimum absolute atomic E-state index is 0.0523. The maximum atomic E-state index is 14.4. The molecule has 1 N–H and O–H groups in total. The lowest BCUT2D eigenvalue weighted by molar-refractivity contribution is 0.0744. The monoisotopic (exact) mass is 373 g/mol. The van der Waals surface area contributed by atoms with Gasteiger partial charge in [-0.1, -0.05) is 18.2 Å². The lowest BCUT2D eigenvalue weighted by Crippen LogP contribution is -2.27. The molecule has 0 saturated heterocycles. The molecule has 3 heterocycles. The van der Waals surface area contributed by atoms with Crippen molar-refractivity contribution in [3.05, 3.63) is 89.6 Å². The predicted molar refractivity (Wildman–Crippen MR) is 101 cm³/mol. The smallest absolute Gasteiger partial charge is 0.257 e. The van der Waals surface area contributed by atoms with Crippen molar-refractivity contribution in [3.8, 4) is 16.9 Å². The summed E-state index contributed by atoms with van der Waals surface area (Å²) in [5, 5.41) is 11.2. The molecule has 0 atom stereocenters. The quantitative estimate of drug-likeness (QED) is 0.597. The second-order valence-electron chi connectivity index (χ2n) is 6.69. The Kier molecular flexibility index (Phi) is 3.79. The van der Waals surface area contributed by atoms with E-state index in [1.807, 2.05) is 35.0 Å².